The van der Waals surface area contributed by atoms with Gasteiger partial charge in [0.1, 0.15) is 11.6 Å². The van der Waals surface area contributed by atoms with Crippen LogP contribution >= 0.6 is 11.6 Å². The number of nitrogens with zero attached hydrogens (tertiary/aromatic N) is 4. The Hall–Kier alpha value is -2.97. The quantitative estimate of drug-likeness (QED) is 0.609. The Morgan fingerprint density at radius 3 is 2.87 bits per heavy atom. The Labute approximate surface area is 184 Å². The first-order valence-electron chi connectivity index (χ1n) is 10.0. The molecule has 0 radical (unpaired) electrons. The summed E-state index contributed by atoms with van der Waals surface area (Å²) in [6.07, 6.45) is 3.56. The molecule has 0 bridgehead atoms. The van der Waals surface area contributed by atoms with Crippen LogP contribution in [0.1, 0.15) is 35.5 Å². The maximum absolute atomic E-state index is 14.1. The summed E-state index contributed by atoms with van der Waals surface area (Å²) in [7, 11) is 0. The molecule has 2 N–H and O–H groups in total. The number of aliphatic hydroxyl groups is 1. The molecule has 1 aliphatic heterocycles. The first kappa shape index (κ1) is 21.3. The van der Waals surface area contributed by atoms with E-state index < -0.39 is 0 Å². The lowest BCUT2D eigenvalue weighted by Gasteiger charge is -2.34. The molecule has 7 nitrogen and oxygen atoms in total. The average Bonchev–Trinajstić information content (AvgIpc) is 3.14. The van der Waals surface area contributed by atoms with Gasteiger partial charge in [-0.15, -0.1) is 0 Å². The Kier molecular flexibility index (Phi) is 5.93. The van der Waals surface area contributed by atoms with Crippen molar-refractivity contribution < 1.29 is 14.3 Å². The van der Waals surface area contributed by atoms with Gasteiger partial charge in [0.25, 0.3) is 5.91 Å². The predicted molar refractivity (Wildman–Crippen MR) is 117 cm³/mol. The van der Waals surface area contributed by atoms with Crippen molar-refractivity contribution in [1.29, 1.82) is 0 Å². The molecule has 3 heterocycles. The Morgan fingerprint density at radius 2 is 2.13 bits per heavy atom. The van der Waals surface area contributed by atoms with Gasteiger partial charge in [-0.1, -0.05) is 29.8 Å². The largest absolute Gasteiger partial charge is 0.394 e. The summed E-state index contributed by atoms with van der Waals surface area (Å²) in [5.74, 6) is -0.00551. The number of amides is 1. The van der Waals surface area contributed by atoms with Crippen LogP contribution < -0.4 is 10.2 Å². The highest BCUT2D eigenvalue weighted by Gasteiger charge is 2.35. The fourth-order valence-electron chi connectivity index (χ4n) is 3.77. The van der Waals surface area contributed by atoms with Gasteiger partial charge < -0.3 is 15.3 Å². The molecular weight excluding hydrogens is 421 g/mol. The first-order chi connectivity index (χ1) is 14.9. The fraction of sp³-hybridized carbons (Fsp3) is 0.318. The van der Waals surface area contributed by atoms with Gasteiger partial charge in [-0.2, -0.15) is 5.10 Å². The summed E-state index contributed by atoms with van der Waals surface area (Å²) in [5, 5.41) is 17.1. The number of halogens is 2. The van der Waals surface area contributed by atoms with Crippen LogP contribution in [0.3, 0.4) is 0 Å². The van der Waals surface area contributed by atoms with Crippen LogP contribution in [0, 0.1) is 5.82 Å². The van der Waals surface area contributed by atoms with Crippen molar-refractivity contribution in [3.05, 3.63) is 70.4 Å². The molecule has 1 aliphatic rings. The fourth-order valence-corrected chi connectivity index (χ4v) is 3.96. The zero-order valence-corrected chi connectivity index (χ0v) is 18.0. The van der Waals surface area contributed by atoms with Crippen molar-refractivity contribution in [2.45, 2.75) is 38.9 Å². The molecule has 1 aromatic carbocycles. The van der Waals surface area contributed by atoms with Gasteiger partial charge in [0.2, 0.25) is 0 Å². The maximum atomic E-state index is 14.1. The van der Waals surface area contributed by atoms with Crippen molar-refractivity contribution in [3.8, 4) is 0 Å². The number of carbonyl (C=O) groups is 1. The van der Waals surface area contributed by atoms with Crippen LogP contribution in [-0.2, 0) is 13.0 Å². The molecular formula is C22H23ClFN5O2. The third-order valence-electron chi connectivity index (χ3n) is 5.37. The Balaban J connectivity index is 1.65. The van der Waals surface area contributed by atoms with Gasteiger partial charge in [-0.25, -0.2) is 9.37 Å². The van der Waals surface area contributed by atoms with E-state index in [2.05, 4.69) is 15.4 Å². The van der Waals surface area contributed by atoms with Crippen LogP contribution in [0.15, 0.2) is 42.7 Å². The van der Waals surface area contributed by atoms with E-state index in [0.717, 1.165) is 5.69 Å². The van der Waals surface area contributed by atoms with Crippen LogP contribution in [0.2, 0.25) is 5.02 Å². The number of aromatic nitrogens is 3. The minimum atomic E-state index is -0.302. The molecule has 9 heteroatoms. The lowest BCUT2D eigenvalue weighted by atomic mass is 9.99. The van der Waals surface area contributed by atoms with Gasteiger partial charge in [-0.3, -0.25) is 9.48 Å². The van der Waals surface area contributed by atoms with E-state index in [0.29, 0.717) is 34.1 Å². The monoisotopic (exact) mass is 443 g/mol. The van der Waals surface area contributed by atoms with E-state index in [1.165, 1.54) is 18.5 Å². The van der Waals surface area contributed by atoms with E-state index in [1.807, 2.05) is 13.8 Å². The maximum Gasteiger partial charge on any atom is 0.262 e. The summed E-state index contributed by atoms with van der Waals surface area (Å²) in [6, 6.07) is 7.86. The van der Waals surface area contributed by atoms with Crippen LogP contribution in [0.4, 0.5) is 15.9 Å². The van der Waals surface area contributed by atoms with Gasteiger partial charge in [0.15, 0.2) is 0 Å². The topological polar surface area (TPSA) is 83.3 Å². The Bertz CT molecular complexity index is 1120. The highest BCUT2D eigenvalue weighted by Crippen LogP contribution is 2.34. The zero-order valence-electron chi connectivity index (χ0n) is 17.2. The summed E-state index contributed by atoms with van der Waals surface area (Å²) >= 11 is 6.39. The minimum absolute atomic E-state index is 0.0523. The molecule has 0 aliphatic carbocycles. The summed E-state index contributed by atoms with van der Waals surface area (Å²) in [6.45, 7) is 3.96. The lowest BCUT2D eigenvalue weighted by Crippen LogP contribution is -2.44. The second-order valence-electron chi connectivity index (χ2n) is 7.73. The molecule has 1 amide bonds. The normalized spacial score (nSPS) is 16.9. The number of pyridine rings is 1. The van der Waals surface area contributed by atoms with E-state index in [1.54, 1.807) is 33.8 Å². The molecule has 0 unspecified atom stereocenters. The number of rotatable bonds is 6. The van der Waals surface area contributed by atoms with E-state index in [4.69, 9.17) is 11.6 Å². The summed E-state index contributed by atoms with van der Waals surface area (Å²) in [5.41, 5.74) is 2.30. The number of carbonyl (C=O) groups excluding carboxylic acids is 1. The number of hydrogen-bond acceptors (Lipinski definition) is 5. The predicted octanol–water partition coefficient (Wildman–Crippen LogP) is 3.50. The lowest BCUT2D eigenvalue weighted by molar-refractivity contribution is 0.0969. The van der Waals surface area contributed by atoms with Crippen molar-refractivity contribution in [1.82, 2.24) is 14.8 Å². The van der Waals surface area contributed by atoms with Crippen molar-refractivity contribution in [2.24, 2.45) is 0 Å². The van der Waals surface area contributed by atoms with Crippen LogP contribution in [-0.4, -0.2) is 44.5 Å². The average molecular weight is 444 g/mol. The van der Waals surface area contributed by atoms with Crippen LogP contribution in [0.25, 0.3) is 0 Å². The van der Waals surface area contributed by atoms with Crippen molar-refractivity contribution in [3.63, 3.8) is 0 Å². The van der Waals surface area contributed by atoms with Gasteiger partial charge in [0.05, 0.1) is 47.5 Å². The van der Waals surface area contributed by atoms with Gasteiger partial charge in [0, 0.05) is 30.1 Å². The number of fused-ring (bicyclic) bond motifs is 1. The van der Waals surface area contributed by atoms with Crippen LogP contribution in [0.5, 0.6) is 0 Å². The number of benzene rings is 1. The molecule has 2 aromatic heterocycles. The Morgan fingerprint density at radius 1 is 1.35 bits per heavy atom. The number of anilines is 2. The smallest absolute Gasteiger partial charge is 0.262 e. The number of hydrogen-bond donors (Lipinski definition) is 2. The molecule has 0 saturated heterocycles. The first-order valence-corrected chi connectivity index (χ1v) is 10.4. The molecule has 4 rings (SSSR count). The van der Waals surface area contributed by atoms with E-state index in [9.17, 15) is 14.3 Å². The molecule has 3 aromatic rings. The molecule has 0 spiro atoms. The highest BCUT2D eigenvalue weighted by molar-refractivity contribution is 6.34. The standard InChI is InChI=1S/C22H23ClFN5O2/c1-13(12-30)27-21-8-20(17(23)10-25-21)29-14(2)7-19-16(22(29)31)9-26-28(19)11-15-5-3-4-6-18(15)24/h3-6,8-10,13-14,30H,7,11-12H2,1-2H3,(H,25,27)/t13-,14+/m0/s1. The summed E-state index contributed by atoms with van der Waals surface area (Å²) < 4.78 is 15.8. The second kappa shape index (κ2) is 8.64. The molecule has 0 saturated carbocycles. The van der Waals surface area contributed by atoms with E-state index in [-0.39, 0.29) is 37.0 Å². The van der Waals surface area contributed by atoms with E-state index >= 15 is 0 Å². The third kappa shape index (κ3) is 4.13. The second-order valence-corrected chi connectivity index (χ2v) is 8.14. The molecule has 2 atom stereocenters. The van der Waals surface area contributed by atoms with Crippen molar-refractivity contribution >= 4 is 29.0 Å². The minimum Gasteiger partial charge on any atom is -0.394 e. The SMILES string of the molecule is C[C@@H]1Cc2c(cnn2Cc2ccccc2F)C(=O)N1c1cc(N[C@@H](C)CO)ncc1Cl. The third-order valence-corrected chi connectivity index (χ3v) is 5.66. The molecule has 162 valence electrons. The number of aliphatic hydroxyl groups excluding tert-OH is 1. The zero-order chi connectivity index (χ0) is 22.1. The molecule has 0 fully saturated rings. The van der Waals surface area contributed by atoms with Crippen molar-refractivity contribution in [2.75, 3.05) is 16.8 Å². The summed E-state index contributed by atoms with van der Waals surface area (Å²) in [4.78, 5) is 19.2. The molecule has 31 heavy (non-hydrogen) atoms. The number of nitrogens with one attached hydrogen (secondary N) is 1. The van der Waals surface area contributed by atoms with Gasteiger partial charge in [-0.05, 0) is 19.9 Å². The van der Waals surface area contributed by atoms with Gasteiger partial charge >= 0.3 is 0 Å². The highest BCUT2D eigenvalue weighted by atomic mass is 35.5.